The minimum atomic E-state index is 0.203. The zero-order valence-corrected chi connectivity index (χ0v) is 15.2. The number of hydrogen-bond donors (Lipinski definition) is 2. The first kappa shape index (κ1) is 17.1. The molecule has 0 fully saturated rings. The second-order valence-corrected chi connectivity index (χ2v) is 6.61. The van der Waals surface area contributed by atoms with Gasteiger partial charge in [-0.15, -0.1) is 0 Å². The van der Waals surface area contributed by atoms with Crippen molar-refractivity contribution in [2.24, 2.45) is 10.7 Å². The molecule has 0 amide bonds. The van der Waals surface area contributed by atoms with E-state index < -0.39 is 0 Å². The number of nitrogens with one attached hydrogen (secondary N) is 1. The van der Waals surface area contributed by atoms with Crippen LogP contribution in [0.25, 0.3) is 0 Å². The molecule has 25 heavy (non-hydrogen) atoms. The van der Waals surface area contributed by atoms with E-state index in [0.29, 0.717) is 12.5 Å². The minimum absolute atomic E-state index is 0.203. The maximum absolute atomic E-state index is 6.05. The molecule has 5 heteroatoms. The lowest BCUT2D eigenvalue weighted by atomic mass is 10.1. The van der Waals surface area contributed by atoms with E-state index in [9.17, 15) is 0 Å². The number of nitrogens with two attached hydrogens (primary N) is 1. The maximum atomic E-state index is 6.05. The molecule has 0 spiro atoms. The fourth-order valence-corrected chi connectivity index (χ4v) is 3.20. The predicted octanol–water partition coefficient (Wildman–Crippen LogP) is 3.56. The summed E-state index contributed by atoms with van der Waals surface area (Å²) in [6.07, 6.45) is 1.11. The molecule has 1 aliphatic heterocycles. The fourth-order valence-electron chi connectivity index (χ4n) is 3.20. The van der Waals surface area contributed by atoms with Crippen LogP contribution in [0.5, 0.6) is 11.5 Å². The van der Waals surface area contributed by atoms with E-state index in [2.05, 4.69) is 37.1 Å². The normalized spacial score (nSPS) is 16.3. The molecule has 3 N–H and O–H groups in total. The van der Waals surface area contributed by atoms with Crippen molar-refractivity contribution in [2.75, 3.05) is 12.4 Å². The molecule has 0 bridgehead atoms. The summed E-state index contributed by atoms with van der Waals surface area (Å²) < 4.78 is 11.3. The largest absolute Gasteiger partial charge is 0.496 e. The van der Waals surface area contributed by atoms with E-state index in [-0.39, 0.29) is 6.10 Å². The molecule has 132 valence electrons. The lowest BCUT2D eigenvalue weighted by Gasteiger charge is -2.11. The Morgan fingerprint density at radius 1 is 1.24 bits per heavy atom. The quantitative estimate of drug-likeness (QED) is 0.660. The number of hydrogen-bond acceptors (Lipinski definition) is 3. The van der Waals surface area contributed by atoms with Crippen molar-refractivity contribution < 1.29 is 9.47 Å². The number of guanidine groups is 1. The van der Waals surface area contributed by atoms with Gasteiger partial charge in [-0.25, -0.2) is 4.99 Å². The number of benzene rings is 2. The number of aliphatic imine (C=N–C) groups is 1. The van der Waals surface area contributed by atoms with Crippen molar-refractivity contribution in [1.29, 1.82) is 0 Å². The number of nitrogens with zero attached hydrogens (tertiary/aromatic N) is 1. The molecule has 1 atom stereocenters. The first-order valence-corrected chi connectivity index (χ1v) is 8.46. The van der Waals surface area contributed by atoms with E-state index in [1.165, 1.54) is 16.7 Å². The fraction of sp³-hybridized carbons (Fsp3) is 0.350. The van der Waals surface area contributed by atoms with Gasteiger partial charge >= 0.3 is 0 Å². The van der Waals surface area contributed by atoms with Gasteiger partial charge in [0.1, 0.15) is 17.6 Å². The average Bonchev–Trinajstić information content (AvgIpc) is 2.89. The Bertz CT molecular complexity index is 795. The van der Waals surface area contributed by atoms with Crippen LogP contribution in [0.2, 0.25) is 0 Å². The van der Waals surface area contributed by atoms with E-state index in [1.54, 1.807) is 7.11 Å². The smallest absolute Gasteiger partial charge is 0.193 e. The summed E-state index contributed by atoms with van der Waals surface area (Å²) in [5, 5.41) is 3.15. The van der Waals surface area contributed by atoms with Gasteiger partial charge in [0.05, 0.1) is 13.7 Å². The first-order valence-electron chi connectivity index (χ1n) is 8.46. The third-order valence-electron chi connectivity index (χ3n) is 4.21. The molecule has 2 aromatic carbocycles. The predicted molar refractivity (Wildman–Crippen MR) is 102 cm³/mol. The average molecular weight is 339 g/mol. The van der Waals surface area contributed by atoms with Crippen LogP contribution >= 0.6 is 0 Å². The Morgan fingerprint density at radius 2 is 1.96 bits per heavy atom. The third-order valence-corrected chi connectivity index (χ3v) is 4.21. The number of rotatable bonds is 4. The van der Waals surface area contributed by atoms with Crippen molar-refractivity contribution in [2.45, 2.75) is 39.8 Å². The molecule has 0 saturated carbocycles. The van der Waals surface area contributed by atoms with Crippen molar-refractivity contribution >= 4 is 11.6 Å². The van der Waals surface area contributed by atoms with Gasteiger partial charge in [0.2, 0.25) is 0 Å². The van der Waals surface area contributed by atoms with E-state index >= 15 is 0 Å². The van der Waals surface area contributed by atoms with Crippen LogP contribution in [0.4, 0.5) is 5.69 Å². The molecule has 0 radical (unpaired) electrons. The van der Waals surface area contributed by atoms with Crippen molar-refractivity contribution in [3.63, 3.8) is 0 Å². The third kappa shape index (κ3) is 4.05. The molecule has 0 aromatic heterocycles. The highest BCUT2D eigenvalue weighted by Crippen LogP contribution is 2.35. The molecule has 0 aliphatic carbocycles. The molecule has 0 saturated heterocycles. The van der Waals surface area contributed by atoms with Crippen LogP contribution in [0.3, 0.4) is 0 Å². The molecule has 3 rings (SSSR count). The summed E-state index contributed by atoms with van der Waals surface area (Å²) in [7, 11) is 1.67. The number of ether oxygens (including phenoxy) is 2. The Morgan fingerprint density at radius 3 is 2.64 bits per heavy atom. The minimum Gasteiger partial charge on any atom is -0.496 e. The van der Waals surface area contributed by atoms with Gasteiger partial charge in [0, 0.05) is 23.2 Å². The lowest BCUT2D eigenvalue weighted by molar-refractivity contribution is 0.254. The van der Waals surface area contributed by atoms with Gasteiger partial charge in [0.25, 0.3) is 0 Å². The Balaban J connectivity index is 1.75. The molecule has 5 nitrogen and oxygen atoms in total. The van der Waals surface area contributed by atoms with E-state index in [1.807, 2.05) is 24.3 Å². The SMILES string of the molecule is COc1cc2c(cc1CN=C(N)Nc1cc(C)cc(C)c1)OC(C)C2. The molecule has 2 aromatic rings. The standard InChI is InChI=1S/C20H25N3O2/c1-12-5-13(2)7-17(6-12)23-20(21)22-11-16-10-19-15(8-14(3)25-19)9-18(16)24-4/h5-7,9-10,14H,8,11H2,1-4H3,(H3,21,22,23). The van der Waals surface area contributed by atoms with Crippen LogP contribution < -0.4 is 20.5 Å². The zero-order valence-electron chi connectivity index (χ0n) is 15.2. The van der Waals surface area contributed by atoms with Gasteiger partial charge in [0.15, 0.2) is 5.96 Å². The monoisotopic (exact) mass is 339 g/mol. The molecular formula is C20H25N3O2. The maximum Gasteiger partial charge on any atom is 0.193 e. The Kier molecular flexibility index (Phi) is 4.83. The van der Waals surface area contributed by atoms with Gasteiger partial charge in [-0.3, -0.25) is 0 Å². The van der Waals surface area contributed by atoms with Crippen molar-refractivity contribution in [1.82, 2.24) is 0 Å². The Labute approximate surface area is 148 Å². The number of methoxy groups -OCH3 is 1. The van der Waals surface area contributed by atoms with Gasteiger partial charge in [-0.05, 0) is 56.2 Å². The second kappa shape index (κ2) is 7.05. The van der Waals surface area contributed by atoms with Crippen LogP contribution in [-0.2, 0) is 13.0 Å². The molecule has 1 aliphatic rings. The number of anilines is 1. The summed E-state index contributed by atoms with van der Waals surface area (Å²) in [4.78, 5) is 4.45. The summed E-state index contributed by atoms with van der Waals surface area (Å²) in [5.41, 5.74) is 11.5. The van der Waals surface area contributed by atoms with Crippen LogP contribution in [-0.4, -0.2) is 19.2 Å². The summed E-state index contributed by atoms with van der Waals surface area (Å²) in [5.74, 6) is 2.11. The highest BCUT2D eigenvalue weighted by Gasteiger charge is 2.21. The molecule has 1 unspecified atom stereocenters. The lowest BCUT2D eigenvalue weighted by Crippen LogP contribution is -2.22. The molecular weight excluding hydrogens is 314 g/mol. The highest BCUT2D eigenvalue weighted by molar-refractivity contribution is 5.92. The van der Waals surface area contributed by atoms with Gasteiger partial charge < -0.3 is 20.5 Å². The Hall–Kier alpha value is -2.69. The van der Waals surface area contributed by atoms with E-state index in [0.717, 1.165) is 29.2 Å². The number of fused-ring (bicyclic) bond motifs is 1. The van der Waals surface area contributed by atoms with Crippen LogP contribution in [0.15, 0.2) is 35.3 Å². The first-order chi connectivity index (χ1) is 11.9. The zero-order chi connectivity index (χ0) is 18.0. The second-order valence-electron chi connectivity index (χ2n) is 6.61. The van der Waals surface area contributed by atoms with Crippen LogP contribution in [0, 0.1) is 13.8 Å². The van der Waals surface area contributed by atoms with Gasteiger partial charge in [-0.2, -0.15) is 0 Å². The van der Waals surface area contributed by atoms with Crippen LogP contribution in [0.1, 0.15) is 29.2 Å². The molecule has 1 heterocycles. The summed E-state index contributed by atoms with van der Waals surface area (Å²) in [6, 6.07) is 10.2. The topological polar surface area (TPSA) is 68.9 Å². The van der Waals surface area contributed by atoms with Crippen molar-refractivity contribution in [3.8, 4) is 11.5 Å². The van der Waals surface area contributed by atoms with E-state index in [4.69, 9.17) is 15.2 Å². The summed E-state index contributed by atoms with van der Waals surface area (Å²) >= 11 is 0. The number of aryl methyl sites for hydroxylation is 2. The highest BCUT2D eigenvalue weighted by atomic mass is 16.5. The summed E-state index contributed by atoms with van der Waals surface area (Å²) in [6.45, 7) is 6.61. The van der Waals surface area contributed by atoms with Crippen molar-refractivity contribution in [3.05, 3.63) is 52.6 Å². The van der Waals surface area contributed by atoms with Gasteiger partial charge in [-0.1, -0.05) is 6.07 Å².